The molecule has 0 aliphatic rings. The van der Waals surface area contributed by atoms with Gasteiger partial charge < -0.3 is 15.8 Å². The zero-order valence-corrected chi connectivity index (χ0v) is 16.3. The molecule has 164 valence electrons. The van der Waals surface area contributed by atoms with Gasteiger partial charge in [-0.25, -0.2) is 8.78 Å². The lowest BCUT2D eigenvalue weighted by atomic mass is 9.87. The molecular formula is C20H19F2N3O6. The van der Waals surface area contributed by atoms with Crippen LogP contribution >= 0.6 is 0 Å². The minimum absolute atomic E-state index is 0.0495. The number of hydrogen-bond donors (Lipinski definition) is 2. The Hall–Kier alpha value is -3.89. The van der Waals surface area contributed by atoms with E-state index in [1.54, 1.807) is 6.92 Å². The largest absolute Gasteiger partial charge is 0.466 e. The molecule has 2 aromatic carbocycles. The molecule has 0 radical (unpaired) electrons. The van der Waals surface area contributed by atoms with Gasteiger partial charge in [0.25, 0.3) is 11.6 Å². The van der Waals surface area contributed by atoms with Crippen LogP contribution in [0, 0.1) is 21.7 Å². The van der Waals surface area contributed by atoms with Crippen molar-refractivity contribution in [2.45, 2.75) is 25.3 Å². The number of nitrogens with one attached hydrogen (secondary N) is 1. The first kappa shape index (κ1) is 23.4. The fourth-order valence-electron chi connectivity index (χ4n) is 2.94. The number of benzene rings is 2. The minimum Gasteiger partial charge on any atom is -0.466 e. The summed E-state index contributed by atoms with van der Waals surface area (Å²) in [6.07, 6.45) is -0.412. The zero-order valence-electron chi connectivity index (χ0n) is 16.3. The molecule has 0 unspecified atom stereocenters. The first-order valence-corrected chi connectivity index (χ1v) is 9.09. The topological polar surface area (TPSA) is 142 Å². The minimum atomic E-state index is -1.53. The van der Waals surface area contributed by atoms with Gasteiger partial charge in [0.2, 0.25) is 5.91 Å². The fourth-order valence-corrected chi connectivity index (χ4v) is 2.94. The monoisotopic (exact) mass is 435 g/mol. The first-order chi connectivity index (χ1) is 14.6. The average Bonchev–Trinajstić information content (AvgIpc) is 2.72. The highest BCUT2D eigenvalue weighted by molar-refractivity contribution is 5.98. The van der Waals surface area contributed by atoms with E-state index in [1.807, 2.05) is 0 Å². The van der Waals surface area contributed by atoms with Crippen molar-refractivity contribution in [2.24, 2.45) is 5.73 Å². The lowest BCUT2D eigenvalue weighted by molar-refractivity contribution is -0.384. The van der Waals surface area contributed by atoms with Crippen LogP contribution in [0.4, 0.5) is 14.5 Å². The molecule has 3 N–H and O–H groups in total. The molecule has 0 aliphatic heterocycles. The molecule has 0 aliphatic carbocycles. The van der Waals surface area contributed by atoms with Crippen LogP contribution in [-0.4, -0.2) is 35.4 Å². The van der Waals surface area contributed by atoms with Crippen LogP contribution in [0.25, 0.3) is 0 Å². The summed E-state index contributed by atoms with van der Waals surface area (Å²) in [4.78, 5) is 46.9. The van der Waals surface area contributed by atoms with Crippen molar-refractivity contribution in [3.63, 3.8) is 0 Å². The van der Waals surface area contributed by atoms with Gasteiger partial charge in [0.1, 0.15) is 6.04 Å². The lowest BCUT2D eigenvalue weighted by Crippen LogP contribution is -2.49. The molecule has 2 atom stereocenters. The highest BCUT2D eigenvalue weighted by Gasteiger charge is 2.33. The van der Waals surface area contributed by atoms with Gasteiger partial charge in [-0.3, -0.25) is 24.5 Å². The maximum atomic E-state index is 14.0. The van der Waals surface area contributed by atoms with Crippen LogP contribution in [0.15, 0.2) is 42.5 Å². The van der Waals surface area contributed by atoms with E-state index in [9.17, 15) is 33.3 Å². The maximum absolute atomic E-state index is 14.0. The summed E-state index contributed by atoms with van der Waals surface area (Å²) in [5, 5.41) is 13.1. The second kappa shape index (κ2) is 10.2. The smallest absolute Gasteiger partial charge is 0.306 e. The number of carbonyl (C=O) groups excluding carboxylic acids is 3. The van der Waals surface area contributed by atoms with Gasteiger partial charge in [-0.15, -0.1) is 0 Å². The Labute approximate surface area is 175 Å². The molecule has 2 aromatic rings. The van der Waals surface area contributed by atoms with Gasteiger partial charge in [0.05, 0.1) is 23.5 Å². The zero-order chi connectivity index (χ0) is 23.1. The Bertz CT molecular complexity index is 997. The summed E-state index contributed by atoms with van der Waals surface area (Å²) in [5.74, 6) is -6.67. The highest BCUT2D eigenvalue weighted by Crippen LogP contribution is 2.27. The number of nitrogens with two attached hydrogens (primary N) is 1. The number of amides is 2. The predicted octanol–water partition coefficient (Wildman–Crippen LogP) is 2.19. The molecule has 2 amide bonds. The Balaban J connectivity index is 2.41. The van der Waals surface area contributed by atoms with E-state index in [4.69, 9.17) is 10.5 Å². The number of nitro benzene ring substituents is 1. The molecule has 9 nitrogen and oxygen atoms in total. The van der Waals surface area contributed by atoms with Gasteiger partial charge in [-0.2, -0.15) is 0 Å². The number of carbonyl (C=O) groups is 3. The van der Waals surface area contributed by atoms with Crippen LogP contribution in [-0.2, 0) is 14.3 Å². The van der Waals surface area contributed by atoms with Crippen molar-refractivity contribution in [1.82, 2.24) is 5.32 Å². The first-order valence-electron chi connectivity index (χ1n) is 9.09. The van der Waals surface area contributed by atoms with Gasteiger partial charge in [-0.1, -0.05) is 18.2 Å². The van der Waals surface area contributed by atoms with E-state index in [1.165, 1.54) is 12.1 Å². The van der Waals surface area contributed by atoms with Gasteiger partial charge >= 0.3 is 5.97 Å². The number of esters is 1. The molecule has 0 bridgehead atoms. The number of primary amides is 1. The Morgan fingerprint density at radius 1 is 1.16 bits per heavy atom. The molecule has 0 aromatic heterocycles. The van der Waals surface area contributed by atoms with E-state index in [-0.39, 0.29) is 17.9 Å². The molecular weight excluding hydrogens is 416 g/mol. The lowest BCUT2D eigenvalue weighted by Gasteiger charge is -2.25. The summed E-state index contributed by atoms with van der Waals surface area (Å²) < 4.78 is 32.3. The standard InChI is InChI=1S/C20H19F2N3O6/c1-2-31-16(26)10-14(11-6-8-12(9-7-11)25(29)30)18(19(23)27)24-20(28)13-4-3-5-15(21)17(13)22/h3-9,14,18H,2,10H2,1H3,(H2,23,27)(H,24,28)/t14-,18-/m0/s1. The van der Waals surface area contributed by atoms with E-state index in [0.717, 1.165) is 30.3 Å². The summed E-state index contributed by atoms with van der Waals surface area (Å²) in [6.45, 7) is 1.62. The third kappa shape index (κ3) is 5.81. The molecule has 0 saturated carbocycles. The Kier molecular flexibility index (Phi) is 7.72. The van der Waals surface area contributed by atoms with Crippen molar-refractivity contribution < 1.29 is 32.8 Å². The van der Waals surface area contributed by atoms with Crippen molar-refractivity contribution in [1.29, 1.82) is 0 Å². The van der Waals surface area contributed by atoms with Crippen LogP contribution in [0.5, 0.6) is 0 Å². The Morgan fingerprint density at radius 3 is 2.35 bits per heavy atom. The van der Waals surface area contributed by atoms with Crippen LogP contribution in [0.2, 0.25) is 0 Å². The van der Waals surface area contributed by atoms with E-state index < -0.39 is 58.3 Å². The molecule has 0 fully saturated rings. The van der Waals surface area contributed by atoms with E-state index >= 15 is 0 Å². The maximum Gasteiger partial charge on any atom is 0.306 e. The number of hydrogen-bond acceptors (Lipinski definition) is 6. The van der Waals surface area contributed by atoms with Crippen molar-refractivity contribution >= 4 is 23.5 Å². The third-order valence-electron chi connectivity index (χ3n) is 4.42. The molecule has 0 saturated heterocycles. The van der Waals surface area contributed by atoms with Crippen LogP contribution in [0.1, 0.15) is 35.2 Å². The second-order valence-electron chi connectivity index (χ2n) is 6.42. The second-order valence-corrected chi connectivity index (χ2v) is 6.42. The number of non-ortho nitro benzene ring substituents is 1. The summed E-state index contributed by atoms with van der Waals surface area (Å²) >= 11 is 0. The van der Waals surface area contributed by atoms with E-state index in [2.05, 4.69) is 5.32 Å². The number of nitrogens with zero attached hydrogens (tertiary/aromatic N) is 1. The molecule has 0 spiro atoms. The summed E-state index contributed by atoms with van der Waals surface area (Å²) in [7, 11) is 0. The van der Waals surface area contributed by atoms with Crippen molar-refractivity contribution in [3.05, 3.63) is 75.3 Å². The third-order valence-corrected chi connectivity index (χ3v) is 4.42. The number of rotatable bonds is 9. The SMILES string of the molecule is CCOC(=O)C[C@@H](c1ccc([N+](=O)[O-])cc1)[C@H](NC(=O)c1cccc(F)c1F)C(N)=O. The number of halogens is 2. The molecule has 0 heterocycles. The van der Waals surface area contributed by atoms with Gasteiger partial charge in [0.15, 0.2) is 11.6 Å². The van der Waals surface area contributed by atoms with Crippen LogP contribution in [0.3, 0.4) is 0 Å². The quantitative estimate of drug-likeness (QED) is 0.351. The van der Waals surface area contributed by atoms with Crippen molar-refractivity contribution in [2.75, 3.05) is 6.61 Å². The molecule has 31 heavy (non-hydrogen) atoms. The fraction of sp³-hybridized carbons (Fsp3) is 0.250. The Morgan fingerprint density at radius 2 is 1.81 bits per heavy atom. The summed E-state index contributed by atoms with van der Waals surface area (Å²) in [6, 6.07) is 6.31. The highest BCUT2D eigenvalue weighted by atomic mass is 19.2. The normalized spacial score (nSPS) is 12.5. The van der Waals surface area contributed by atoms with E-state index in [0.29, 0.717) is 0 Å². The van der Waals surface area contributed by atoms with Crippen LogP contribution < -0.4 is 11.1 Å². The van der Waals surface area contributed by atoms with Crippen molar-refractivity contribution in [3.8, 4) is 0 Å². The molecule has 11 heteroatoms. The van der Waals surface area contributed by atoms with Gasteiger partial charge in [0, 0.05) is 18.1 Å². The van der Waals surface area contributed by atoms with Gasteiger partial charge in [-0.05, 0) is 24.6 Å². The number of ether oxygens (including phenoxy) is 1. The summed E-state index contributed by atoms with van der Waals surface area (Å²) in [5.41, 5.74) is 4.78. The molecule has 2 rings (SSSR count). The predicted molar refractivity (Wildman–Crippen MR) is 104 cm³/mol. The average molecular weight is 435 g/mol. The number of nitro groups is 1.